The van der Waals surface area contributed by atoms with Crippen LogP contribution in [-0.4, -0.2) is 15.4 Å². The summed E-state index contributed by atoms with van der Waals surface area (Å²) in [5.74, 6) is 0. The van der Waals surface area contributed by atoms with Gasteiger partial charge < -0.3 is 0 Å². The molecule has 0 bridgehead atoms. The highest BCUT2D eigenvalue weighted by molar-refractivity contribution is 9.11. The molecular weight excluding hydrogens is 380 g/mol. The van der Waals surface area contributed by atoms with Crippen LogP contribution in [0.1, 0.15) is 5.56 Å². The van der Waals surface area contributed by atoms with Gasteiger partial charge in [-0.1, -0.05) is 44.0 Å². The van der Waals surface area contributed by atoms with E-state index in [0.29, 0.717) is 0 Å². The van der Waals surface area contributed by atoms with Crippen molar-refractivity contribution >= 4 is 54.7 Å². The van der Waals surface area contributed by atoms with Gasteiger partial charge in [0.25, 0.3) is 0 Å². The fraction of sp³-hybridized carbons (Fsp3) is 0.0625. The van der Waals surface area contributed by atoms with Crippen LogP contribution >= 0.6 is 31.9 Å². The predicted molar refractivity (Wildman–Crippen MR) is 88.9 cm³/mol. The molecule has 0 N–H and O–H groups in total. The van der Waals surface area contributed by atoms with Crippen LogP contribution in [0, 0.1) is 0 Å². The molecule has 20 heavy (non-hydrogen) atoms. The zero-order chi connectivity index (χ0) is 13.7. The van der Waals surface area contributed by atoms with Crippen molar-refractivity contribution in [3.05, 3.63) is 63.2 Å². The van der Waals surface area contributed by atoms with E-state index in [2.05, 4.69) is 95.9 Å². The normalized spacial score (nSPS) is 13.6. The van der Waals surface area contributed by atoms with E-state index >= 15 is 0 Å². The van der Waals surface area contributed by atoms with Crippen LogP contribution in [0.25, 0.3) is 10.9 Å². The molecule has 0 amide bonds. The van der Waals surface area contributed by atoms with E-state index in [1.165, 1.54) is 22.2 Å². The molecule has 0 radical (unpaired) electrons. The Morgan fingerprint density at radius 3 is 2.60 bits per heavy atom. The number of halogens is 2. The Balaban J connectivity index is 1.91. The molecule has 2 aromatic carbocycles. The Bertz CT molecular complexity index is 842. The number of rotatable bonds is 1. The molecule has 4 heteroatoms. The Morgan fingerprint density at radius 1 is 1.00 bits per heavy atom. The van der Waals surface area contributed by atoms with E-state index in [0.717, 1.165) is 15.6 Å². The molecule has 1 aliphatic rings. The van der Waals surface area contributed by atoms with Gasteiger partial charge in [0.05, 0.1) is 11.1 Å². The lowest BCUT2D eigenvalue weighted by molar-refractivity contribution is -0.471. The first kappa shape index (κ1) is 12.4. The Labute approximate surface area is 133 Å². The molecule has 0 unspecified atom stereocenters. The second kappa shape index (κ2) is 4.57. The molecule has 0 saturated heterocycles. The monoisotopic (exact) mass is 389 g/mol. The number of aromatic nitrogens is 1. The molecule has 0 spiro atoms. The zero-order valence-electron chi connectivity index (χ0n) is 10.6. The third-order valence-corrected chi connectivity index (χ3v) is 4.51. The van der Waals surface area contributed by atoms with Crippen molar-refractivity contribution < 1.29 is 4.58 Å². The highest BCUT2D eigenvalue weighted by Crippen LogP contribution is 2.28. The summed E-state index contributed by atoms with van der Waals surface area (Å²) >= 11 is 7.11. The van der Waals surface area contributed by atoms with Crippen LogP contribution in [0.15, 0.2) is 57.6 Å². The summed E-state index contributed by atoms with van der Waals surface area (Å²) in [6, 6.07) is 14.9. The lowest BCUT2D eigenvalue weighted by Crippen LogP contribution is -2.18. The molecule has 1 aliphatic heterocycles. The quantitative estimate of drug-likeness (QED) is 0.522. The predicted octanol–water partition coefficient (Wildman–Crippen LogP) is 4.90. The van der Waals surface area contributed by atoms with Crippen molar-refractivity contribution in [2.75, 3.05) is 0 Å². The molecule has 4 rings (SSSR count). The average molecular weight is 391 g/mol. The first-order valence-electron chi connectivity index (χ1n) is 6.36. The molecular formula is C16H11Br2N2+. The van der Waals surface area contributed by atoms with Crippen molar-refractivity contribution in [1.29, 1.82) is 0 Å². The molecule has 0 fully saturated rings. The molecule has 98 valence electrons. The van der Waals surface area contributed by atoms with E-state index in [1.54, 1.807) is 0 Å². The van der Waals surface area contributed by atoms with E-state index < -0.39 is 0 Å². The van der Waals surface area contributed by atoms with Crippen molar-refractivity contribution in [3.63, 3.8) is 0 Å². The Kier molecular flexibility index (Phi) is 2.82. The molecule has 0 saturated carbocycles. The second-order valence-corrected chi connectivity index (χ2v) is 6.77. The maximum atomic E-state index is 3.56. The van der Waals surface area contributed by atoms with Gasteiger partial charge in [-0.25, -0.2) is 0 Å². The third kappa shape index (κ3) is 1.95. The molecule has 0 atom stereocenters. The van der Waals surface area contributed by atoms with Crippen LogP contribution in [0.3, 0.4) is 0 Å². The Morgan fingerprint density at radius 2 is 1.80 bits per heavy atom. The third-order valence-electron chi connectivity index (χ3n) is 3.60. The van der Waals surface area contributed by atoms with Gasteiger partial charge in [0, 0.05) is 32.7 Å². The first-order chi connectivity index (χ1) is 9.70. The van der Waals surface area contributed by atoms with Crippen molar-refractivity contribution in [2.45, 2.75) is 6.67 Å². The van der Waals surface area contributed by atoms with Gasteiger partial charge in [-0.2, -0.15) is 4.58 Å². The number of benzene rings is 2. The summed E-state index contributed by atoms with van der Waals surface area (Å²) in [6.07, 6.45) is 4.37. The number of hydrogen-bond donors (Lipinski definition) is 0. The Hall–Kier alpha value is -1.39. The molecule has 1 aromatic heterocycles. The number of nitrogens with zero attached hydrogens (tertiary/aromatic N) is 2. The van der Waals surface area contributed by atoms with Gasteiger partial charge in [0.15, 0.2) is 6.21 Å². The van der Waals surface area contributed by atoms with Gasteiger partial charge in [0.1, 0.15) is 0 Å². The minimum Gasteiger partial charge on any atom is -0.291 e. The minimum atomic E-state index is 0.837. The number of hydrogen-bond acceptors (Lipinski definition) is 0. The smallest absolute Gasteiger partial charge is 0.228 e. The molecule has 2 nitrogen and oxygen atoms in total. The summed E-state index contributed by atoms with van der Waals surface area (Å²) < 4.78 is 6.70. The topological polar surface area (TPSA) is 7.94 Å². The van der Waals surface area contributed by atoms with Crippen LogP contribution < -0.4 is 0 Å². The molecule has 3 aromatic rings. The fourth-order valence-electron chi connectivity index (χ4n) is 2.75. The lowest BCUT2D eigenvalue weighted by Gasteiger charge is -2.13. The summed E-state index contributed by atoms with van der Waals surface area (Å²) in [5, 5.41) is 1.30. The maximum absolute atomic E-state index is 3.56. The summed E-state index contributed by atoms with van der Waals surface area (Å²) in [5.41, 5.74) is 3.75. The largest absolute Gasteiger partial charge is 0.291 e. The van der Waals surface area contributed by atoms with Crippen molar-refractivity contribution in [3.8, 4) is 0 Å². The van der Waals surface area contributed by atoms with Crippen molar-refractivity contribution in [2.24, 2.45) is 0 Å². The maximum Gasteiger partial charge on any atom is 0.228 e. The van der Waals surface area contributed by atoms with E-state index in [-0.39, 0.29) is 0 Å². The summed E-state index contributed by atoms with van der Waals surface area (Å²) in [4.78, 5) is 0. The minimum absolute atomic E-state index is 0.837. The molecule has 2 heterocycles. The van der Waals surface area contributed by atoms with Crippen LogP contribution in [0.2, 0.25) is 0 Å². The standard InChI is InChI=1S/C16H11Br2N2/c17-13-6-14(18)8-15(7-13)20-9-12-3-1-2-11-4-5-19(10-20)16(11)12/h1-9H,10H2/q+1. The van der Waals surface area contributed by atoms with Crippen LogP contribution in [0.4, 0.5) is 5.69 Å². The van der Waals surface area contributed by atoms with Gasteiger partial charge in [-0.15, -0.1) is 0 Å². The lowest BCUT2D eigenvalue weighted by atomic mass is 10.1. The van der Waals surface area contributed by atoms with Crippen molar-refractivity contribution in [1.82, 2.24) is 4.57 Å². The summed E-state index contributed by atoms with van der Waals surface area (Å²) in [6.45, 7) is 0.837. The van der Waals surface area contributed by atoms with E-state index in [1.807, 2.05) is 0 Å². The highest BCUT2D eigenvalue weighted by Gasteiger charge is 2.20. The van der Waals surface area contributed by atoms with Crippen LogP contribution in [0.5, 0.6) is 0 Å². The highest BCUT2D eigenvalue weighted by atomic mass is 79.9. The van der Waals surface area contributed by atoms with Gasteiger partial charge >= 0.3 is 0 Å². The molecule has 0 aliphatic carbocycles. The first-order valence-corrected chi connectivity index (χ1v) is 7.95. The van der Waals surface area contributed by atoms with Crippen LogP contribution in [-0.2, 0) is 6.67 Å². The average Bonchev–Trinajstić information content (AvgIpc) is 2.83. The van der Waals surface area contributed by atoms with Gasteiger partial charge in [-0.3, -0.25) is 4.57 Å². The summed E-state index contributed by atoms with van der Waals surface area (Å²) in [7, 11) is 0. The van der Waals surface area contributed by atoms with E-state index in [9.17, 15) is 0 Å². The zero-order valence-corrected chi connectivity index (χ0v) is 13.7. The SMILES string of the molecule is Brc1cc(Br)cc([N+]2=Cc3cccc4ccn(c34)C2)c1. The number of para-hydroxylation sites is 1. The van der Waals surface area contributed by atoms with E-state index in [4.69, 9.17) is 0 Å². The van der Waals surface area contributed by atoms with Gasteiger partial charge in [-0.05, 0) is 18.2 Å². The second-order valence-electron chi connectivity index (χ2n) is 4.94. The fourth-order valence-corrected chi connectivity index (χ4v) is 4.02. The van der Waals surface area contributed by atoms with Gasteiger partial charge in [0.2, 0.25) is 12.4 Å².